The fourth-order valence-electron chi connectivity index (χ4n) is 2.29. The van der Waals surface area contributed by atoms with E-state index in [4.69, 9.17) is 0 Å². The first-order valence-corrected chi connectivity index (χ1v) is 7.94. The second-order valence-electron chi connectivity index (χ2n) is 5.19. The molecule has 1 aromatic heterocycles. The summed E-state index contributed by atoms with van der Waals surface area (Å²) in [5, 5.41) is 20.6. The van der Waals surface area contributed by atoms with Crippen LogP contribution >= 0.6 is 11.3 Å². The third-order valence-electron chi connectivity index (χ3n) is 3.50. The number of nitriles is 1. The maximum Gasteiger partial charge on any atom is 0.416 e. The average molecular weight is 375 g/mol. The minimum Gasteiger partial charge on any atom is -0.258 e. The van der Waals surface area contributed by atoms with Crippen LogP contribution < -0.4 is 0 Å². The number of thiazole rings is 1. The molecule has 0 bridgehead atoms. The van der Waals surface area contributed by atoms with Crippen molar-refractivity contribution in [2.75, 3.05) is 0 Å². The van der Waals surface area contributed by atoms with E-state index in [2.05, 4.69) is 4.98 Å². The van der Waals surface area contributed by atoms with Crippen molar-refractivity contribution in [3.05, 3.63) is 68.7 Å². The molecule has 0 fully saturated rings. The number of rotatable bonds is 3. The van der Waals surface area contributed by atoms with Crippen molar-refractivity contribution < 1.29 is 18.1 Å². The largest absolute Gasteiger partial charge is 0.416 e. The molecular weight excluding hydrogens is 367 g/mol. The fraction of sp³-hybridized carbons (Fsp3) is 0.0588. The molecule has 130 valence electrons. The Balaban J connectivity index is 2.09. The highest BCUT2D eigenvalue weighted by atomic mass is 32.1. The van der Waals surface area contributed by atoms with Crippen LogP contribution in [0.1, 0.15) is 16.1 Å². The van der Waals surface area contributed by atoms with Gasteiger partial charge in [-0.15, -0.1) is 11.3 Å². The van der Waals surface area contributed by atoms with Crippen LogP contribution in [0.5, 0.6) is 0 Å². The van der Waals surface area contributed by atoms with Crippen molar-refractivity contribution in [2.24, 2.45) is 0 Å². The number of allylic oxidation sites excluding steroid dienone is 1. The Morgan fingerprint density at radius 1 is 1.27 bits per heavy atom. The quantitative estimate of drug-likeness (QED) is 0.354. The van der Waals surface area contributed by atoms with Crippen LogP contribution in [0.4, 0.5) is 18.9 Å². The normalized spacial score (nSPS) is 12.2. The molecule has 26 heavy (non-hydrogen) atoms. The first kappa shape index (κ1) is 17.6. The molecule has 2 aromatic carbocycles. The van der Waals surface area contributed by atoms with E-state index in [0.29, 0.717) is 4.70 Å². The topological polar surface area (TPSA) is 79.8 Å². The van der Waals surface area contributed by atoms with Crippen molar-refractivity contribution >= 4 is 38.9 Å². The number of para-hydroxylation sites is 1. The zero-order valence-corrected chi connectivity index (χ0v) is 13.6. The molecule has 0 unspecified atom stereocenters. The van der Waals surface area contributed by atoms with Gasteiger partial charge in [-0.05, 0) is 30.3 Å². The fourth-order valence-corrected chi connectivity index (χ4v) is 3.20. The first-order chi connectivity index (χ1) is 12.3. The number of aromatic nitrogens is 1. The van der Waals surface area contributed by atoms with E-state index in [9.17, 15) is 28.5 Å². The highest BCUT2D eigenvalue weighted by Crippen LogP contribution is 2.35. The molecule has 0 aliphatic rings. The van der Waals surface area contributed by atoms with E-state index in [1.54, 1.807) is 6.07 Å². The Morgan fingerprint density at radius 2 is 2.00 bits per heavy atom. The summed E-state index contributed by atoms with van der Waals surface area (Å²) in [5.74, 6) is 0. The van der Waals surface area contributed by atoms with Gasteiger partial charge in [0.05, 0.1) is 31.8 Å². The lowest BCUT2D eigenvalue weighted by Gasteiger charge is -2.04. The third-order valence-corrected chi connectivity index (χ3v) is 4.57. The number of nitrogens with zero attached hydrogens (tertiary/aromatic N) is 3. The minimum atomic E-state index is -4.49. The van der Waals surface area contributed by atoms with E-state index < -0.39 is 16.7 Å². The van der Waals surface area contributed by atoms with Crippen molar-refractivity contribution in [3.63, 3.8) is 0 Å². The summed E-state index contributed by atoms with van der Waals surface area (Å²) in [6.07, 6.45) is -3.18. The second-order valence-corrected chi connectivity index (χ2v) is 6.22. The van der Waals surface area contributed by atoms with Gasteiger partial charge in [0.15, 0.2) is 0 Å². The highest BCUT2D eigenvalue weighted by Gasteiger charge is 2.30. The first-order valence-electron chi connectivity index (χ1n) is 7.13. The smallest absolute Gasteiger partial charge is 0.258 e. The van der Waals surface area contributed by atoms with Gasteiger partial charge in [-0.25, -0.2) is 4.98 Å². The van der Waals surface area contributed by atoms with Crippen LogP contribution in [0, 0.1) is 21.4 Å². The van der Waals surface area contributed by atoms with Crippen LogP contribution in [0.15, 0.2) is 42.5 Å². The second kappa shape index (κ2) is 6.57. The van der Waals surface area contributed by atoms with Crippen LogP contribution in [-0.4, -0.2) is 9.91 Å². The van der Waals surface area contributed by atoms with Crippen LogP contribution in [0.2, 0.25) is 0 Å². The summed E-state index contributed by atoms with van der Waals surface area (Å²) in [7, 11) is 0. The van der Waals surface area contributed by atoms with Gasteiger partial charge in [0, 0.05) is 6.07 Å². The Morgan fingerprint density at radius 3 is 2.65 bits per heavy atom. The Hall–Kier alpha value is -3.25. The number of nitro groups is 1. The van der Waals surface area contributed by atoms with Gasteiger partial charge in [-0.2, -0.15) is 18.4 Å². The lowest BCUT2D eigenvalue weighted by Crippen LogP contribution is -2.03. The summed E-state index contributed by atoms with van der Waals surface area (Å²) in [5.41, 5.74) is -0.648. The van der Waals surface area contributed by atoms with Crippen molar-refractivity contribution in [1.29, 1.82) is 5.26 Å². The molecule has 3 rings (SSSR count). The van der Waals surface area contributed by atoms with Gasteiger partial charge in [0.1, 0.15) is 11.1 Å². The molecule has 5 nitrogen and oxygen atoms in total. The number of nitro benzene ring substituents is 1. The van der Waals surface area contributed by atoms with E-state index >= 15 is 0 Å². The maximum absolute atomic E-state index is 12.8. The summed E-state index contributed by atoms with van der Waals surface area (Å²) in [6, 6.07) is 10.9. The summed E-state index contributed by atoms with van der Waals surface area (Å²) in [4.78, 5) is 14.6. The predicted molar refractivity (Wildman–Crippen MR) is 91.2 cm³/mol. The molecule has 1 heterocycles. The SMILES string of the molecule is N#C/C(=C\c1ccccc1[N+](=O)[O-])c1nc2cc(C(F)(F)F)ccc2s1. The van der Waals surface area contributed by atoms with E-state index in [-0.39, 0.29) is 27.3 Å². The van der Waals surface area contributed by atoms with Crippen molar-refractivity contribution in [1.82, 2.24) is 4.98 Å². The Bertz CT molecular complexity index is 1080. The molecule has 0 radical (unpaired) electrons. The van der Waals surface area contributed by atoms with Crippen molar-refractivity contribution in [2.45, 2.75) is 6.18 Å². The molecule has 0 aliphatic carbocycles. The summed E-state index contributed by atoms with van der Waals surface area (Å²) < 4.78 is 38.9. The zero-order chi connectivity index (χ0) is 18.9. The number of benzene rings is 2. The van der Waals surface area contributed by atoms with Crippen LogP contribution in [-0.2, 0) is 6.18 Å². The van der Waals surface area contributed by atoms with Gasteiger partial charge in [-0.3, -0.25) is 10.1 Å². The van der Waals surface area contributed by atoms with Gasteiger partial charge < -0.3 is 0 Å². The Kier molecular flexibility index (Phi) is 4.44. The lowest BCUT2D eigenvalue weighted by molar-refractivity contribution is -0.385. The van der Waals surface area contributed by atoms with Crippen LogP contribution in [0.3, 0.4) is 0 Å². The third kappa shape index (κ3) is 3.41. The van der Waals surface area contributed by atoms with Gasteiger partial charge >= 0.3 is 6.18 Å². The van der Waals surface area contributed by atoms with Gasteiger partial charge in [-0.1, -0.05) is 12.1 Å². The monoisotopic (exact) mass is 375 g/mol. The number of fused-ring (bicyclic) bond motifs is 1. The number of hydrogen-bond acceptors (Lipinski definition) is 5. The van der Waals surface area contributed by atoms with E-state index in [1.807, 2.05) is 6.07 Å². The molecule has 0 saturated carbocycles. The van der Waals surface area contributed by atoms with Gasteiger partial charge in [0.25, 0.3) is 5.69 Å². The molecule has 0 spiro atoms. The standard InChI is InChI=1S/C17H8F3N3O2S/c18-17(19,20)12-5-6-15-13(8-12)22-16(26-15)11(9-21)7-10-3-1-2-4-14(10)23(24)25/h1-8H/b11-7+. The molecule has 3 aromatic rings. The minimum absolute atomic E-state index is 0.0362. The summed E-state index contributed by atoms with van der Waals surface area (Å²) >= 11 is 1.04. The predicted octanol–water partition coefficient (Wildman–Crippen LogP) is 5.29. The van der Waals surface area contributed by atoms with Crippen LogP contribution in [0.25, 0.3) is 21.9 Å². The van der Waals surface area contributed by atoms with Gasteiger partial charge in [0.2, 0.25) is 0 Å². The maximum atomic E-state index is 12.8. The molecule has 0 aliphatic heterocycles. The highest BCUT2D eigenvalue weighted by molar-refractivity contribution is 7.19. The number of halogens is 3. The molecular formula is C17H8F3N3O2S. The summed E-state index contributed by atoms with van der Waals surface area (Å²) in [6.45, 7) is 0. The number of hydrogen-bond donors (Lipinski definition) is 0. The molecule has 0 saturated heterocycles. The molecule has 0 N–H and O–H groups in total. The number of alkyl halides is 3. The Labute approximate surface area is 148 Å². The molecule has 0 amide bonds. The zero-order valence-electron chi connectivity index (χ0n) is 12.8. The molecule has 9 heteroatoms. The van der Waals surface area contributed by atoms with E-state index in [0.717, 1.165) is 23.5 Å². The average Bonchev–Trinajstić information content (AvgIpc) is 3.02. The van der Waals surface area contributed by atoms with E-state index in [1.165, 1.54) is 30.3 Å². The van der Waals surface area contributed by atoms with Crippen molar-refractivity contribution in [3.8, 4) is 6.07 Å². The lowest BCUT2D eigenvalue weighted by atomic mass is 10.1. The molecule has 0 atom stereocenters.